The van der Waals surface area contributed by atoms with Crippen molar-refractivity contribution >= 4 is 41.2 Å². The summed E-state index contributed by atoms with van der Waals surface area (Å²) in [5.74, 6) is -2.24. The van der Waals surface area contributed by atoms with Gasteiger partial charge in [-0.05, 0) is 74.4 Å². The molecule has 2 heterocycles. The Bertz CT molecular complexity index is 1330. The number of imide groups is 2. The van der Waals surface area contributed by atoms with Gasteiger partial charge < -0.3 is 4.57 Å². The highest BCUT2D eigenvalue weighted by Gasteiger charge is 2.37. The lowest BCUT2D eigenvalue weighted by Crippen LogP contribution is -2.54. The van der Waals surface area contributed by atoms with E-state index < -0.39 is 23.7 Å². The van der Waals surface area contributed by atoms with E-state index in [-0.39, 0.29) is 11.3 Å². The van der Waals surface area contributed by atoms with Gasteiger partial charge in [-0.1, -0.05) is 23.7 Å². The quantitative estimate of drug-likeness (QED) is 0.456. The van der Waals surface area contributed by atoms with Crippen molar-refractivity contribution in [3.63, 3.8) is 0 Å². The van der Waals surface area contributed by atoms with Crippen LogP contribution in [0.25, 0.3) is 11.8 Å². The molecular formula is C24H19ClFN3O3. The molecule has 4 amide bonds. The lowest BCUT2D eigenvalue weighted by Gasteiger charge is -2.26. The molecule has 0 aliphatic carbocycles. The number of hydrogen-bond acceptors (Lipinski definition) is 3. The minimum atomic E-state index is -0.928. The predicted molar refractivity (Wildman–Crippen MR) is 120 cm³/mol. The fourth-order valence-electron chi connectivity index (χ4n) is 3.79. The smallest absolute Gasteiger partial charge is 0.318 e. The molecule has 0 atom stereocenters. The number of carbonyl (C=O) groups is 3. The summed E-state index contributed by atoms with van der Waals surface area (Å²) in [5, 5.41) is 2.74. The Morgan fingerprint density at radius 2 is 1.75 bits per heavy atom. The molecular weight excluding hydrogens is 433 g/mol. The third-order valence-corrected chi connectivity index (χ3v) is 5.59. The molecule has 6 nitrogen and oxygen atoms in total. The number of aryl methyl sites for hydroxylation is 2. The van der Waals surface area contributed by atoms with Gasteiger partial charge in [0.15, 0.2) is 0 Å². The number of aromatic nitrogens is 1. The first kappa shape index (κ1) is 21.5. The fraction of sp³-hybridized carbons (Fsp3) is 0.125. The summed E-state index contributed by atoms with van der Waals surface area (Å²) < 4.78 is 15.6. The minimum absolute atomic E-state index is 0.0333. The topological polar surface area (TPSA) is 71.4 Å². The molecule has 1 fully saturated rings. The maximum Gasteiger partial charge on any atom is 0.335 e. The molecule has 0 bridgehead atoms. The van der Waals surface area contributed by atoms with Gasteiger partial charge in [-0.25, -0.2) is 14.1 Å². The Labute approximate surface area is 188 Å². The van der Waals surface area contributed by atoms with E-state index in [0.29, 0.717) is 10.6 Å². The standard InChI is InChI=1S/C24H19ClFN3O3/c1-13-7-8-17(25)11-21(13)28-14(2)9-16(15(28)3)10-20-22(30)27-24(32)29(23(20)31)19-6-4-5-18(26)12-19/h4-12H,1-3H3,(H,27,30,32)/b20-10+. The number of hydrogen-bond donors (Lipinski definition) is 1. The van der Waals surface area contributed by atoms with Crippen LogP contribution < -0.4 is 10.2 Å². The van der Waals surface area contributed by atoms with Gasteiger partial charge in [-0.3, -0.25) is 14.9 Å². The second-order valence-electron chi connectivity index (χ2n) is 7.53. The monoisotopic (exact) mass is 451 g/mol. The number of anilines is 1. The highest BCUT2D eigenvalue weighted by molar-refractivity contribution is 6.39. The van der Waals surface area contributed by atoms with Crippen LogP contribution in [0.15, 0.2) is 54.1 Å². The Kier molecular flexibility index (Phi) is 5.44. The van der Waals surface area contributed by atoms with Gasteiger partial charge in [0, 0.05) is 22.1 Å². The van der Waals surface area contributed by atoms with E-state index >= 15 is 0 Å². The lowest BCUT2D eigenvalue weighted by molar-refractivity contribution is -0.122. The average molecular weight is 452 g/mol. The number of benzene rings is 2. The van der Waals surface area contributed by atoms with E-state index in [9.17, 15) is 18.8 Å². The molecule has 2 aromatic carbocycles. The van der Waals surface area contributed by atoms with Crippen LogP contribution in [0.2, 0.25) is 5.02 Å². The summed E-state index contributed by atoms with van der Waals surface area (Å²) in [5.41, 5.74) is 3.99. The van der Waals surface area contributed by atoms with Crippen molar-refractivity contribution in [3.05, 3.63) is 87.5 Å². The zero-order chi connectivity index (χ0) is 23.2. The molecule has 1 aliphatic heterocycles. The molecule has 8 heteroatoms. The van der Waals surface area contributed by atoms with Crippen molar-refractivity contribution in [2.45, 2.75) is 20.8 Å². The molecule has 162 valence electrons. The average Bonchev–Trinajstić information content (AvgIpc) is 3.00. The number of halogens is 2. The van der Waals surface area contributed by atoms with Gasteiger partial charge >= 0.3 is 6.03 Å². The summed E-state index contributed by atoms with van der Waals surface area (Å²) >= 11 is 6.18. The summed E-state index contributed by atoms with van der Waals surface area (Å²) in [6, 6.07) is 11.5. The molecule has 1 N–H and O–H groups in total. The van der Waals surface area contributed by atoms with E-state index in [1.54, 1.807) is 6.07 Å². The largest absolute Gasteiger partial charge is 0.335 e. The molecule has 1 aliphatic rings. The molecule has 32 heavy (non-hydrogen) atoms. The van der Waals surface area contributed by atoms with Crippen LogP contribution in [-0.4, -0.2) is 22.4 Å². The highest BCUT2D eigenvalue weighted by atomic mass is 35.5. The van der Waals surface area contributed by atoms with Gasteiger partial charge in [0.25, 0.3) is 11.8 Å². The Hall–Kier alpha value is -3.71. The molecule has 0 saturated carbocycles. The molecule has 4 rings (SSSR count). The van der Waals surface area contributed by atoms with Crippen molar-refractivity contribution in [2.24, 2.45) is 0 Å². The number of urea groups is 1. The molecule has 1 saturated heterocycles. The molecule has 1 aromatic heterocycles. The number of amides is 4. The zero-order valence-electron chi connectivity index (χ0n) is 17.6. The van der Waals surface area contributed by atoms with Crippen molar-refractivity contribution in [3.8, 4) is 5.69 Å². The number of nitrogens with one attached hydrogen (secondary N) is 1. The van der Waals surface area contributed by atoms with Gasteiger partial charge in [0.1, 0.15) is 11.4 Å². The van der Waals surface area contributed by atoms with E-state index in [4.69, 9.17) is 11.6 Å². The van der Waals surface area contributed by atoms with E-state index in [1.165, 1.54) is 24.3 Å². The SMILES string of the molecule is Cc1ccc(Cl)cc1-n1c(C)cc(/C=C2\C(=O)NC(=O)N(c3cccc(F)c3)C2=O)c1C. The fourth-order valence-corrected chi connectivity index (χ4v) is 3.96. The van der Waals surface area contributed by atoms with Crippen LogP contribution in [-0.2, 0) is 9.59 Å². The predicted octanol–water partition coefficient (Wildman–Crippen LogP) is 4.86. The van der Waals surface area contributed by atoms with Crippen molar-refractivity contribution < 1.29 is 18.8 Å². The Balaban J connectivity index is 1.79. The summed E-state index contributed by atoms with van der Waals surface area (Å²) in [6.07, 6.45) is 1.44. The minimum Gasteiger partial charge on any atom is -0.318 e. The van der Waals surface area contributed by atoms with Crippen LogP contribution in [0.1, 0.15) is 22.5 Å². The van der Waals surface area contributed by atoms with Crippen LogP contribution in [0, 0.1) is 26.6 Å². The Morgan fingerprint density at radius 1 is 1.00 bits per heavy atom. The van der Waals surface area contributed by atoms with Crippen molar-refractivity contribution in [1.82, 2.24) is 9.88 Å². The van der Waals surface area contributed by atoms with E-state index in [2.05, 4.69) is 5.32 Å². The Morgan fingerprint density at radius 3 is 2.47 bits per heavy atom. The van der Waals surface area contributed by atoms with E-state index in [1.807, 2.05) is 43.5 Å². The van der Waals surface area contributed by atoms with Crippen LogP contribution in [0.5, 0.6) is 0 Å². The highest BCUT2D eigenvalue weighted by Crippen LogP contribution is 2.28. The summed E-state index contributed by atoms with van der Waals surface area (Å²) in [7, 11) is 0. The molecule has 0 radical (unpaired) electrons. The maximum absolute atomic E-state index is 13.7. The second kappa shape index (κ2) is 8.09. The first-order valence-corrected chi connectivity index (χ1v) is 10.2. The van der Waals surface area contributed by atoms with E-state index in [0.717, 1.165) is 33.6 Å². The number of rotatable bonds is 3. The molecule has 3 aromatic rings. The third-order valence-electron chi connectivity index (χ3n) is 5.35. The van der Waals surface area contributed by atoms with Gasteiger partial charge in [-0.2, -0.15) is 0 Å². The molecule has 0 spiro atoms. The normalized spacial score (nSPS) is 15.5. The summed E-state index contributed by atoms with van der Waals surface area (Å²) in [4.78, 5) is 38.6. The third kappa shape index (κ3) is 3.71. The summed E-state index contributed by atoms with van der Waals surface area (Å²) in [6.45, 7) is 5.73. The van der Waals surface area contributed by atoms with Crippen LogP contribution in [0.4, 0.5) is 14.9 Å². The maximum atomic E-state index is 13.7. The first-order valence-electron chi connectivity index (χ1n) is 9.80. The molecule has 0 unspecified atom stereocenters. The van der Waals surface area contributed by atoms with Crippen molar-refractivity contribution in [1.29, 1.82) is 0 Å². The van der Waals surface area contributed by atoms with Crippen LogP contribution >= 0.6 is 11.6 Å². The lowest BCUT2D eigenvalue weighted by atomic mass is 10.1. The van der Waals surface area contributed by atoms with Gasteiger partial charge in [-0.15, -0.1) is 0 Å². The number of barbiturate groups is 1. The number of carbonyl (C=O) groups excluding carboxylic acids is 3. The second-order valence-corrected chi connectivity index (χ2v) is 7.97. The number of nitrogens with zero attached hydrogens (tertiary/aromatic N) is 2. The van der Waals surface area contributed by atoms with Crippen molar-refractivity contribution in [2.75, 3.05) is 4.90 Å². The zero-order valence-corrected chi connectivity index (χ0v) is 18.3. The van der Waals surface area contributed by atoms with Gasteiger partial charge in [0.05, 0.1) is 5.69 Å². The van der Waals surface area contributed by atoms with Crippen LogP contribution in [0.3, 0.4) is 0 Å². The first-order chi connectivity index (χ1) is 15.2. The van der Waals surface area contributed by atoms with Gasteiger partial charge in [0.2, 0.25) is 0 Å².